The minimum absolute atomic E-state index is 0.00350. The van der Waals surface area contributed by atoms with Crippen molar-refractivity contribution < 1.29 is 4.92 Å². The van der Waals surface area contributed by atoms with Gasteiger partial charge in [0.25, 0.3) is 5.69 Å². The fourth-order valence-corrected chi connectivity index (χ4v) is 1.92. The van der Waals surface area contributed by atoms with E-state index >= 15 is 0 Å². The standard InChI is InChI=1S/C14H10ClN3O2/c1-9-2-4-12(15)13(6-9)17-11-3-5-14(18(19)20)10(7-11)8-16/h2-7,17H,1H3. The van der Waals surface area contributed by atoms with E-state index in [-0.39, 0.29) is 11.3 Å². The van der Waals surface area contributed by atoms with Crippen molar-refractivity contribution in [2.45, 2.75) is 6.92 Å². The van der Waals surface area contributed by atoms with Crippen LogP contribution >= 0.6 is 11.6 Å². The molecule has 6 heteroatoms. The molecule has 0 saturated carbocycles. The van der Waals surface area contributed by atoms with Crippen LogP contribution in [0.2, 0.25) is 5.02 Å². The molecule has 0 heterocycles. The molecule has 2 aromatic carbocycles. The van der Waals surface area contributed by atoms with Gasteiger partial charge in [-0.1, -0.05) is 17.7 Å². The summed E-state index contributed by atoms with van der Waals surface area (Å²) in [5.74, 6) is 0. The zero-order valence-corrected chi connectivity index (χ0v) is 11.3. The third-order valence-electron chi connectivity index (χ3n) is 2.71. The SMILES string of the molecule is Cc1ccc(Cl)c(Nc2ccc([N+](=O)[O-])c(C#N)c2)c1. The lowest BCUT2D eigenvalue weighted by atomic mass is 10.1. The van der Waals surface area contributed by atoms with Gasteiger partial charge in [0.1, 0.15) is 11.6 Å². The predicted molar refractivity (Wildman–Crippen MR) is 77.3 cm³/mol. The van der Waals surface area contributed by atoms with E-state index in [2.05, 4.69) is 5.32 Å². The second-order valence-electron chi connectivity index (χ2n) is 4.21. The Balaban J connectivity index is 2.38. The van der Waals surface area contributed by atoms with Crippen molar-refractivity contribution in [3.63, 3.8) is 0 Å². The van der Waals surface area contributed by atoms with Gasteiger partial charge in [0.15, 0.2) is 0 Å². The van der Waals surface area contributed by atoms with Gasteiger partial charge in [-0.2, -0.15) is 5.26 Å². The Labute approximate surface area is 120 Å². The molecule has 20 heavy (non-hydrogen) atoms. The molecule has 2 rings (SSSR count). The molecule has 2 aromatic rings. The van der Waals surface area contributed by atoms with Gasteiger partial charge in [0.05, 0.1) is 15.6 Å². The van der Waals surface area contributed by atoms with Gasteiger partial charge < -0.3 is 5.32 Å². The van der Waals surface area contributed by atoms with Crippen LogP contribution in [0.5, 0.6) is 0 Å². The molecule has 0 atom stereocenters. The second kappa shape index (κ2) is 5.59. The van der Waals surface area contributed by atoms with Crippen LogP contribution in [0.1, 0.15) is 11.1 Å². The Bertz CT molecular complexity index is 723. The van der Waals surface area contributed by atoms with Gasteiger partial charge in [-0.15, -0.1) is 0 Å². The van der Waals surface area contributed by atoms with E-state index in [4.69, 9.17) is 16.9 Å². The first kappa shape index (κ1) is 13.8. The molecule has 100 valence electrons. The van der Waals surface area contributed by atoms with E-state index in [0.29, 0.717) is 16.4 Å². The first-order chi connectivity index (χ1) is 9.51. The van der Waals surface area contributed by atoms with Gasteiger partial charge in [-0.3, -0.25) is 10.1 Å². The number of nitro groups is 1. The molecule has 0 bridgehead atoms. The van der Waals surface area contributed by atoms with E-state index in [9.17, 15) is 10.1 Å². The summed E-state index contributed by atoms with van der Waals surface area (Å²) in [5, 5.41) is 23.3. The smallest absolute Gasteiger partial charge is 0.287 e. The zero-order valence-electron chi connectivity index (χ0n) is 10.6. The number of nitrogens with zero attached hydrogens (tertiary/aromatic N) is 2. The number of nitro benzene ring substituents is 1. The number of anilines is 2. The summed E-state index contributed by atoms with van der Waals surface area (Å²) in [6.45, 7) is 1.93. The van der Waals surface area contributed by atoms with Crippen molar-refractivity contribution in [3.8, 4) is 6.07 Å². The maximum absolute atomic E-state index is 10.8. The minimum atomic E-state index is -0.581. The Morgan fingerprint density at radius 2 is 2.05 bits per heavy atom. The van der Waals surface area contributed by atoms with E-state index in [1.54, 1.807) is 6.07 Å². The van der Waals surface area contributed by atoms with Crippen molar-refractivity contribution in [2.75, 3.05) is 5.32 Å². The molecule has 0 aliphatic heterocycles. The lowest BCUT2D eigenvalue weighted by Gasteiger charge is -2.09. The fraction of sp³-hybridized carbons (Fsp3) is 0.0714. The molecule has 0 aliphatic rings. The minimum Gasteiger partial charge on any atom is -0.354 e. The summed E-state index contributed by atoms with van der Waals surface area (Å²) < 4.78 is 0. The van der Waals surface area contributed by atoms with Gasteiger partial charge in [-0.25, -0.2) is 0 Å². The highest BCUT2D eigenvalue weighted by molar-refractivity contribution is 6.33. The van der Waals surface area contributed by atoms with Crippen LogP contribution in [0.4, 0.5) is 17.1 Å². The predicted octanol–water partition coefficient (Wildman–Crippen LogP) is 4.17. The number of nitriles is 1. The lowest BCUT2D eigenvalue weighted by Crippen LogP contribution is -1.96. The van der Waals surface area contributed by atoms with Gasteiger partial charge >= 0.3 is 0 Å². The topological polar surface area (TPSA) is 79.0 Å². The summed E-state index contributed by atoms with van der Waals surface area (Å²) >= 11 is 6.07. The van der Waals surface area contributed by atoms with Gasteiger partial charge in [-0.05, 0) is 36.8 Å². The fourth-order valence-electron chi connectivity index (χ4n) is 1.75. The number of benzene rings is 2. The summed E-state index contributed by atoms with van der Waals surface area (Å²) in [5.41, 5.74) is 2.07. The van der Waals surface area contributed by atoms with Crippen molar-refractivity contribution in [3.05, 3.63) is 62.7 Å². The second-order valence-corrected chi connectivity index (χ2v) is 4.62. The third-order valence-corrected chi connectivity index (χ3v) is 3.04. The number of hydrogen-bond acceptors (Lipinski definition) is 4. The molecule has 0 saturated heterocycles. The number of nitrogens with one attached hydrogen (secondary N) is 1. The molecule has 0 unspecified atom stereocenters. The lowest BCUT2D eigenvalue weighted by molar-refractivity contribution is -0.385. The number of hydrogen-bond donors (Lipinski definition) is 1. The molecule has 0 aliphatic carbocycles. The van der Waals surface area contributed by atoms with Crippen LogP contribution in [0, 0.1) is 28.4 Å². The Morgan fingerprint density at radius 3 is 2.70 bits per heavy atom. The highest BCUT2D eigenvalue weighted by Gasteiger charge is 2.14. The van der Waals surface area contributed by atoms with Gasteiger partial charge in [0.2, 0.25) is 0 Å². The molecular weight excluding hydrogens is 278 g/mol. The van der Waals surface area contributed by atoms with Crippen LogP contribution in [0.15, 0.2) is 36.4 Å². The quantitative estimate of drug-likeness (QED) is 0.678. The van der Waals surface area contributed by atoms with Crippen molar-refractivity contribution >= 4 is 28.7 Å². The van der Waals surface area contributed by atoms with Crippen LogP contribution < -0.4 is 5.32 Å². The van der Waals surface area contributed by atoms with Crippen molar-refractivity contribution in [2.24, 2.45) is 0 Å². The van der Waals surface area contributed by atoms with E-state index in [1.165, 1.54) is 18.2 Å². The normalized spacial score (nSPS) is 9.85. The Hall–Kier alpha value is -2.58. The monoisotopic (exact) mass is 287 g/mol. The molecule has 0 amide bonds. The van der Waals surface area contributed by atoms with Gasteiger partial charge in [0, 0.05) is 11.8 Å². The molecular formula is C14H10ClN3O2. The number of rotatable bonds is 3. The Kier molecular flexibility index (Phi) is 3.87. The average molecular weight is 288 g/mol. The summed E-state index contributed by atoms with van der Waals surface area (Å²) in [7, 11) is 0. The number of aryl methyl sites for hydroxylation is 1. The van der Waals surface area contributed by atoms with Crippen LogP contribution in [-0.2, 0) is 0 Å². The Morgan fingerprint density at radius 1 is 1.30 bits per heavy atom. The number of halogens is 1. The maximum Gasteiger partial charge on any atom is 0.287 e. The molecule has 1 N–H and O–H groups in total. The van der Waals surface area contributed by atoms with Crippen LogP contribution in [0.25, 0.3) is 0 Å². The summed E-state index contributed by atoms with van der Waals surface area (Å²) in [4.78, 5) is 10.2. The van der Waals surface area contributed by atoms with Crippen LogP contribution in [-0.4, -0.2) is 4.92 Å². The highest BCUT2D eigenvalue weighted by atomic mass is 35.5. The van der Waals surface area contributed by atoms with Crippen molar-refractivity contribution in [1.29, 1.82) is 5.26 Å². The van der Waals surface area contributed by atoms with E-state index in [1.807, 2.05) is 25.1 Å². The summed E-state index contributed by atoms with van der Waals surface area (Å²) in [6.07, 6.45) is 0. The molecule has 0 fully saturated rings. The third kappa shape index (κ3) is 2.87. The first-order valence-corrected chi connectivity index (χ1v) is 6.11. The van der Waals surface area contributed by atoms with Crippen molar-refractivity contribution in [1.82, 2.24) is 0 Å². The zero-order chi connectivity index (χ0) is 14.7. The van der Waals surface area contributed by atoms with Crippen LogP contribution in [0.3, 0.4) is 0 Å². The highest BCUT2D eigenvalue weighted by Crippen LogP contribution is 2.28. The molecule has 0 spiro atoms. The average Bonchev–Trinajstić information content (AvgIpc) is 2.42. The summed E-state index contributed by atoms with van der Waals surface area (Å²) in [6, 6.07) is 11.6. The van der Waals surface area contributed by atoms with E-state index < -0.39 is 4.92 Å². The molecule has 0 aromatic heterocycles. The maximum atomic E-state index is 10.8. The van der Waals surface area contributed by atoms with E-state index in [0.717, 1.165) is 5.56 Å². The largest absolute Gasteiger partial charge is 0.354 e. The first-order valence-electron chi connectivity index (χ1n) is 5.73. The molecule has 0 radical (unpaired) electrons. The molecule has 5 nitrogen and oxygen atoms in total.